The van der Waals surface area contributed by atoms with Crippen LogP contribution in [0.15, 0.2) is 30.5 Å². The first-order chi connectivity index (χ1) is 9.65. The Bertz CT molecular complexity index is 748. The van der Waals surface area contributed by atoms with E-state index in [1.807, 2.05) is 19.2 Å². The van der Waals surface area contributed by atoms with Crippen molar-refractivity contribution in [2.75, 3.05) is 17.7 Å². The minimum absolute atomic E-state index is 0.244. The fraction of sp³-hybridized carbons (Fsp3) is 0.214. The van der Waals surface area contributed by atoms with Crippen LogP contribution in [0.2, 0.25) is 0 Å². The molecule has 102 valence electrons. The van der Waals surface area contributed by atoms with Crippen molar-refractivity contribution >= 4 is 22.8 Å². The van der Waals surface area contributed by atoms with E-state index in [1.165, 1.54) is 11.1 Å². The summed E-state index contributed by atoms with van der Waals surface area (Å²) in [6.45, 7) is 2.86. The van der Waals surface area contributed by atoms with Crippen LogP contribution in [0.4, 0.5) is 11.8 Å². The molecule has 1 aromatic carbocycles. The number of nitrogens with zero attached hydrogens (tertiary/aromatic N) is 4. The van der Waals surface area contributed by atoms with E-state index in [-0.39, 0.29) is 5.95 Å². The minimum atomic E-state index is 0.244. The Morgan fingerprint density at radius 3 is 2.85 bits per heavy atom. The Morgan fingerprint density at radius 2 is 2.05 bits per heavy atom. The van der Waals surface area contributed by atoms with Crippen LogP contribution >= 0.6 is 0 Å². The van der Waals surface area contributed by atoms with E-state index in [0.29, 0.717) is 5.65 Å². The molecule has 0 spiro atoms. The lowest BCUT2D eigenvalue weighted by Crippen LogP contribution is -2.19. The van der Waals surface area contributed by atoms with Crippen molar-refractivity contribution in [2.24, 2.45) is 0 Å². The lowest BCUT2D eigenvalue weighted by Gasteiger charge is -2.20. The number of rotatable bonds is 3. The van der Waals surface area contributed by atoms with Crippen LogP contribution in [-0.2, 0) is 6.54 Å². The van der Waals surface area contributed by atoms with E-state index in [0.717, 1.165) is 17.7 Å². The molecular formula is C14H16N6. The number of fused-ring (bicyclic) bond motifs is 1. The maximum Gasteiger partial charge on any atom is 0.224 e. The van der Waals surface area contributed by atoms with Gasteiger partial charge in [-0.05, 0) is 18.1 Å². The fourth-order valence-electron chi connectivity index (χ4n) is 2.25. The lowest BCUT2D eigenvalue weighted by atomic mass is 10.1. The molecule has 2 heterocycles. The molecule has 0 aliphatic heterocycles. The molecule has 0 radical (unpaired) electrons. The van der Waals surface area contributed by atoms with Crippen molar-refractivity contribution in [3.63, 3.8) is 0 Å². The van der Waals surface area contributed by atoms with Gasteiger partial charge in [0.1, 0.15) is 5.82 Å². The highest BCUT2D eigenvalue weighted by atomic mass is 15.2. The van der Waals surface area contributed by atoms with Gasteiger partial charge >= 0.3 is 0 Å². The first-order valence-corrected chi connectivity index (χ1v) is 6.37. The van der Waals surface area contributed by atoms with E-state index in [9.17, 15) is 0 Å². The van der Waals surface area contributed by atoms with Crippen molar-refractivity contribution in [2.45, 2.75) is 13.5 Å². The summed E-state index contributed by atoms with van der Waals surface area (Å²) in [5, 5.41) is 7.69. The molecule has 0 unspecified atom stereocenters. The summed E-state index contributed by atoms with van der Waals surface area (Å²) in [6.07, 6.45) is 1.72. The number of hydrogen-bond donors (Lipinski definition) is 2. The number of anilines is 2. The number of benzene rings is 1. The first kappa shape index (κ1) is 12.4. The Morgan fingerprint density at radius 1 is 1.25 bits per heavy atom. The highest BCUT2D eigenvalue weighted by Crippen LogP contribution is 2.23. The molecule has 3 aromatic rings. The first-order valence-electron chi connectivity index (χ1n) is 6.37. The zero-order chi connectivity index (χ0) is 14.1. The molecule has 3 N–H and O–H groups in total. The summed E-state index contributed by atoms with van der Waals surface area (Å²) in [6, 6.07) is 8.29. The third-order valence-electron chi connectivity index (χ3n) is 3.34. The number of aromatic amines is 1. The maximum atomic E-state index is 5.75. The molecule has 6 nitrogen and oxygen atoms in total. The van der Waals surface area contributed by atoms with Crippen molar-refractivity contribution < 1.29 is 0 Å². The summed E-state index contributed by atoms with van der Waals surface area (Å²) in [4.78, 5) is 10.5. The molecule has 0 saturated carbocycles. The molecule has 0 aliphatic carbocycles. The van der Waals surface area contributed by atoms with Crippen LogP contribution in [0.5, 0.6) is 0 Å². The molecule has 0 saturated heterocycles. The van der Waals surface area contributed by atoms with E-state index in [1.54, 1.807) is 6.20 Å². The van der Waals surface area contributed by atoms with Crippen LogP contribution in [0.1, 0.15) is 11.1 Å². The van der Waals surface area contributed by atoms with Gasteiger partial charge in [-0.25, -0.2) is 0 Å². The Labute approximate surface area is 116 Å². The minimum Gasteiger partial charge on any atom is -0.368 e. The van der Waals surface area contributed by atoms with Crippen LogP contribution < -0.4 is 10.6 Å². The van der Waals surface area contributed by atoms with Crippen LogP contribution in [0, 0.1) is 6.92 Å². The average Bonchev–Trinajstić information content (AvgIpc) is 2.88. The number of aromatic nitrogens is 4. The summed E-state index contributed by atoms with van der Waals surface area (Å²) in [7, 11) is 1.99. The summed E-state index contributed by atoms with van der Waals surface area (Å²) >= 11 is 0. The third-order valence-corrected chi connectivity index (χ3v) is 3.34. The number of aryl methyl sites for hydroxylation is 1. The van der Waals surface area contributed by atoms with Gasteiger partial charge in [-0.2, -0.15) is 15.1 Å². The monoisotopic (exact) mass is 268 g/mol. The van der Waals surface area contributed by atoms with Crippen LogP contribution in [0.25, 0.3) is 11.0 Å². The van der Waals surface area contributed by atoms with Gasteiger partial charge in [0.15, 0.2) is 5.65 Å². The van der Waals surface area contributed by atoms with Gasteiger partial charge in [0.25, 0.3) is 0 Å². The van der Waals surface area contributed by atoms with Gasteiger partial charge in [0.2, 0.25) is 5.95 Å². The highest BCUT2D eigenvalue weighted by molar-refractivity contribution is 5.87. The smallest absolute Gasteiger partial charge is 0.224 e. The molecule has 3 rings (SSSR count). The molecule has 0 fully saturated rings. The number of nitrogens with one attached hydrogen (secondary N) is 1. The Kier molecular flexibility index (Phi) is 2.98. The van der Waals surface area contributed by atoms with Crippen molar-refractivity contribution in [1.82, 2.24) is 20.2 Å². The molecule has 6 heteroatoms. The van der Waals surface area contributed by atoms with Crippen molar-refractivity contribution in [3.8, 4) is 0 Å². The number of nitrogen functional groups attached to an aromatic ring is 1. The van der Waals surface area contributed by atoms with Gasteiger partial charge in [-0.3, -0.25) is 5.10 Å². The quantitative estimate of drug-likeness (QED) is 0.757. The largest absolute Gasteiger partial charge is 0.368 e. The number of hydrogen-bond acceptors (Lipinski definition) is 5. The molecule has 0 atom stereocenters. The topological polar surface area (TPSA) is 83.7 Å². The molecule has 2 aromatic heterocycles. The second-order valence-electron chi connectivity index (χ2n) is 4.82. The molecule has 0 aliphatic rings. The van der Waals surface area contributed by atoms with Gasteiger partial charge in [-0.1, -0.05) is 24.3 Å². The zero-order valence-electron chi connectivity index (χ0n) is 11.5. The van der Waals surface area contributed by atoms with E-state index in [4.69, 9.17) is 5.73 Å². The van der Waals surface area contributed by atoms with Gasteiger partial charge < -0.3 is 10.6 Å². The summed E-state index contributed by atoms with van der Waals surface area (Å²) in [5.74, 6) is 1.03. The zero-order valence-corrected chi connectivity index (χ0v) is 11.5. The number of nitrogens with two attached hydrogens (primary N) is 1. The van der Waals surface area contributed by atoms with E-state index >= 15 is 0 Å². The lowest BCUT2D eigenvalue weighted by molar-refractivity contribution is 0.895. The van der Waals surface area contributed by atoms with E-state index < -0.39 is 0 Å². The summed E-state index contributed by atoms with van der Waals surface area (Å²) in [5.41, 5.74) is 8.91. The van der Waals surface area contributed by atoms with Crippen molar-refractivity contribution in [3.05, 3.63) is 41.6 Å². The SMILES string of the molecule is Cc1ccccc1CN(C)c1nc(N)nc2[nH]ncc12. The van der Waals surface area contributed by atoms with Gasteiger partial charge in [0, 0.05) is 13.6 Å². The van der Waals surface area contributed by atoms with Gasteiger partial charge in [-0.15, -0.1) is 0 Å². The van der Waals surface area contributed by atoms with Crippen molar-refractivity contribution in [1.29, 1.82) is 0 Å². The number of H-pyrrole nitrogens is 1. The standard InChI is InChI=1S/C14H16N6/c1-9-5-3-4-6-10(9)8-20(2)13-11-7-16-19-12(11)17-14(15)18-13/h3-7H,8H2,1-2H3,(H3,15,16,17,18,19). The maximum absolute atomic E-state index is 5.75. The predicted molar refractivity (Wildman–Crippen MR) is 79.4 cm³/mol. The molecular weight excluding hydrogens is 252 g/mol. The predicted octanol–water partition coefficient (Wildman–Crippen LogP) is 1.88. The molecule has 0 amide bonds. The second kappa shape index (κ2) is 4.80. The Hall–Kier alpha value is -2.63. The normalized spacial score (nSPS) is 10.9. The highest BCUT2D eigenvalue weighted by Gasteiger charge is 2.13. The molecule has 20 heavy (non-hydrogen) atoms. The van der Waals surface area contributed by atoms with Gasteiger partial charge in [0.05, 0.1) is 11.6 Å². The van der Waals surface area contributed by atoms with E-state index in [2.05, 4.69) is 44.1 Å². The van der Waals surface area contributed by atoms with Crippen LogP contribution in [0.3, 0.4) is 0 Å². The second-order valence-corrected chi connectivity index (χ2v) is 4.82. The van der Waals surface area contributed by atoms with Crippen LogP contribution in [-0.4, -0.2) is 27.2 Å². The third kappa shape index (κ3) is 2.16. The average molecular weight is 268 g/mol. The Balaban J connectivity index is 1.98. The summed E-state index contributed by atoms with van der Waals surface area (Å²) < 4.78 is 0. The fourth-order valence-corrected chi connectivity index (χ4v) is 2.25. The molecule has 0 bridgehead atoms.